The van der Waals surface area contributed by atoms with E-state index >= 15 is 0 Å². The average Bonchev–Trinajstić information content (AvgIpc) is 2.99. The minimum Gasteiger partial charge on any atom is -0.444 e. The number of rotatable bonds is 5. The van der Waals surface area contributed by atoms with Crippen molar-refractivity contribution in [2.45, 2.75) is 65.5 Å². The topological polar surface area (TPSA) is 78.9 Å². The van der Waals surface area contributed by atoms with Gasteiger partial charge in [0.25, 0.3) is 0 Å². The fourth-order valence-electron chi connectivity index (χ4n) is 2.88. The van der Waals surface area contributed by atoms with Gasteiger partial charge in [0.05, 0.1) is 5.01 Å². The van der Waals surface area contributed by atoms with E-state index in [-0.39, 0.29) is 36.1 Å². The fourth-order valence-corrected chi connectivity index (χ4v) is 3.66. The van der Waals surface area contributed by atoms with Crippen LogP contribution in [0.3, 0.4) is 0 Å². The van der Waals surface area contributed by atoms with Gasteiger partial charge >= 0.3 is 6.09 Å². The Morgan fingerprint density at radius 2 is 2.21 bits per heavy atom. The van der Waals surface area contributed by atoms with Crippen LogP contribution in [-0.2, 0) is 11.2 Å². The molecule has 28 heavy (non-hydrogen) atoms. The summed E-state index contributed by atoms with van der Waals surface area (Å²) in [6.45, 7) is 12.6. The number of thiazole rings is 1. The monoisotopic (exact) mass is 523 g/mol. The first-order chi connectivity index (χ1) is 12.8. The van der Waals surface area contributed by atoms with Gasteiger partial charge in [-0.2, -0.15) is 0 Å². The van der Waals surface area contributed by atoms with Crippen molar-refractivity contribution in [3.63, 3.8) is 0 Å². The third-order valence-corrected chi connectivity index (χ3v) is 5.00. The number of aryl methyl sites for hydroxylation is 1. The molecule has 2 rings (SSSR count). The number of halogens is 1. The molecule has 1 aliphatic rings. The summed E-state index contributed by atoms with van der Waals surface area (Å²) < 4.78 is 5.50. The number of guanidine groups is 1. The first-order valence-corrected chi connectivity index (χ1v) is 10.5. The van der Waals surface area contributed by atoms with Gasteiger partial charge in [-0.1, -0.05) is 0 Å². The van der Waals surface area contributed by atoms with Crippen LogP contribution in [0.15, 0.2) is 11.2 Å². The number of likely N-dealkylation sites (tertiary alicyclic amines) is 1. The van der Waals surface area contributed by atoms with Crippen molar-refractivity contribution in [1.82, 2.24) is 20.5 Å². The Kier molecular flexibility index (Phi) is 10.5. The second-order valence-electron chi connectivity index (χ2n) is 7.79. The normalized spacial score (nSPS) is 17.7. The van der Waals surface area contributed by atoms with E-state index in [2.05, 4.69) is 34.5 Å². The van der Waals surface area contributed by atoms with Crippen LogP contribution in [0.1, 0.15) is 50.4 Å². The summed E-state index contributed by atoms with van der Waals surface area (Å²) in [5.74, 6) is 0.793. The maximum Gasteiger partial charge on any atom is 0.410 e. The zero-order chi connectivity index (χ0) is 19.9. The summed E-state index contributed by atoms with van der Waals surface area (Å²) in [6, 6.07) is 0.172. The fraction of sp³-hybridized carbons (Fsp3) is 0.737. The van der Waals surface area contributed by atoms with E-state index in [1.807, 2.05) is 27.0 Å². The Labute approximate surface area is 189 Å². The van der Waals surface area contributed by atoms with Crippen molar-refractivity contribution in [3.05, 3.63) is 16.1 Å². The van der Waals surface area contributed by atoms with Crippen LogP contribution in [-0.4, -0.2) is 59.8 Å². The van der Waals surface area contributed by atoms with Crippen molar-refractivity contribution in [1.29, 1.82) is 0 Å². The molecule has 2 N–H and O–H groups in total. The minimum absolute atomic E-state index is 0. The van der Waals surface area contributed by atoms with Gasteiger partial charge in [-0.3, -0.25) is 4.99 Å². The van der Waals surface area contributed by atoms with Crippen LogP contribution in [0.4, 0.5) is 4.79 Å². The SMILES string of the molecule is CCNC(=NCCc1ncc(C)s1)NC1CCCN(C(=O)OC(C)(C)C)C1.I. The molecule has 0 radical (unpaired) electrons. The summed E-state index contributed by atoms with van der Waals surface area (Å²) in [6.07, 6.45) is 4.46. The zero-order valence-corrected chi connectivity index (χ0v) is 20.7. The number of carbonyl (C=O) groups excluding carboxylic acids is 1. The van der Waals surface area contributed by atoms with E-state index in [4.69, 9.17) is 4.74 Å². The number of hydrogen-bond donors (Lipinski definition) is 2. The number of nitrogens with zero attached hydrogens (tertiary/aromatic N) is 3. The number of nitrogens with one attached hydrogen (secondary N) is 2. The predicted octanol–water partition coefficient (Wildman–Crippen LogP) is 3.57. The number of piperidine rings is 1. The molecule has 1 aromatic heterocycles. The van der Waals surface area contributed by atoms with Gasteiger partial charge < -0.3 is 20.3 Å². The molecule has 0 saturated carbocycles. The average molecular weight is 523 g/mol. The molecule has 0 bridgehead atoms. The molecule has 0 aromatic carbocycles. The molecule has 1 unspecified atom stereocenters. The predicted molar refractivity (Wildman–Crippen MR) is 126 cm³/mol. The maximum absolute atomic E-state index is 12.3. The van der Waals surface area contributed by atoms with E-state index < -0.39 is 5.60 Å². The summed E-state index contributed by atoms with van der Waals surface area (Å²) in [7, 11) is 0. The molecule has 1 aromatic rings. The summed E-state index contributed by atoms with van der Waals surface area (Å²) >= 11 is 1.72. The molecule has 1 saturated heterocycles. The number of aromatic nitrogens is 1. The van der Waals surface area contributed by atoms with Gasteiger partial charge in [0.1, 0.15) is 5.60 Å². The van der Waals surface area contributed by atoms with Gasteiger partial charge in [-0.25, -0.2) is 9.78 Å². The first-order valence-electron chi connectivity index (χ1n) is 9.71. The Morgan fingerprint density at radius 1 is 1.46 bits per heavy atom. The number of aliphatic imine (C=N–C) groups is 1. The Bertz CT molecular complexity index is 645. The summed E-state index contributed by atoms with van der Waals surface area (Å²) in [5, 5.41) is 7.87. The quantitative estimate of drug-likeness (QED) is 0.351. The van der Waals surface area contributed by atoms with Crippen LogP contribution in [0.5, 0.6) is 0 Å². The molecule has 2 heterocycles. The lowest BCUT2D eigenvalue weighted by Gasteiger charge is -2.35. The lowest BCUT2D eigenvalue weighted by molar-refractivity contribution is 0.0193. The van der Waals surface area contributed by atoms with E-state index in [1.54, 1.807) is 16.2 Å². The highest BCUT2D eigenvalue weighted by Crippen LogP contribution is 2.15. The van der Waals surface area contributed by atoms with Gasteiger partial charge in [0.2, 0.25) is 0 Å². The second-order valence-corrected chi connectivity index (χ2v) is 9.10. The molecule has 1 atom stereocenters. The maximum atomic E-state index is 12.3. The molecular weight excluding hydrogens is 489 g/mol. The Balaban J connectivity index is 0.00000392. The van der Waals surface area contributed by atoms with Crippen molar-refractivity contribution >= 4 is 47.4 Å². The van der Waals surface area contributed by atoms with Crippen molar-refractivity contribution in [2.75, 3.05) is 26.2 Å². The molecule has 0 spiro atoms. The van der Waals surface area contributed by atoms with Crippen LogP contribution in [0.2, 0.25) is 0 Å². The first kappa shape index (κ1) is 24.9. The van der Waals surface area contributed by atoms with Crippen molar-refractivity contribution < 1.29 is 9.53 Å². The third kappa shape index (κ3) is 8.93. The molecular formula is C19H34IN5O2S. The standard InChI is InChI=1S/C19H33N5O2S.HI/c1-6-20-17(21-10-9-16-22-12-14(2)27-16)23-15-8-7-11-24(13-15)18(25)26-19(3,4)5;/h12,15H,6-11,13H2,1-5H3,(H2,20,21,23);1H. The molecule has 0 aliphatic carbocycles. The lowest BCUT2D eigenvalue weighted by atomic mass is 10.1. The Hall–Kier alpha value is -1.10. The summed E-state index contributed by atoms with van der Waals surface area (Å²) in [4.78, 5) is 24.4. The van der Waals surface area contributed by atoms with E-state index in [9.17, 15) is 4.79 Å². The lowest BCUT2D eigenvalue weighted by Crippen LogP contribution is -2.53. The van der Waals surface area contributed by atoms with E-state index in [0.29, 0.717) is 13.1 Å². The highest BCUT2D eigenvalue weighted by Gasteiger charge is 2.28. The van der Waals surface area contributed by atoms with Crippen molar-refractivity contribution in [3.8, 4) is 0 Å². The zero-order valence-electron chi connectivity index (χ0n) is 17.6. The van der Waals surface area contributed by atoms with Gasteiger partial charge in [-0.15, -0.1) is 35.3 Å². The largest absolute Gasteiger partial charge is 0.444 e. The highest BCUT2D eigenvalue weighted by molar-refractivity contribution is 14.0. The van der Waals surface area contributed by atoms with Crippen LogP contribution >= 0.6 is 35.3 Å². The molecule has 1 aliphatic heterocycles. The van der Waals surface area contributed by atoms with Gasteiger partial charge in [-0.05, 0) is 47.5 Å². The van der Waals surface area contributed by atoms with Crippen LogP contribution < -0.4 is 10.6 Å². The molecule has 160 valence electrons. The molecule has 1 fully saturated rings. The number of ether oxygens (including phenoxy) is 1. The van der Waals surface area contributed by atoms with Crippen molar-refractivity contribution in [2.24, 2.45) is 4.99 Å². The van der Waals surface area contributed by atoms with E-state index in [1.165, 1.54) is 4.88 Å². The molecule has 9 heteroatoms. The molecule has 7 nitrogen and oxygen atoms in total. The molecule has 1 amide bonds. The Morgan fingerprint density at radius 3 is 2.82 bits per heavy atom. The number of hydrogen-bond acceptors (Lipinski definition) is 5. The minimum atomic E-state index is -0.470. The highest BCUT2D eigenvalue weighted by atomic mass is 127. The number of amides is 1. The van der Waals surface area contributed by atoms with Gasteiger partial charge in [0, 0.05) is 49.7 Å². The van der Waals surface area contributed by atoms with Crippen LogP contribution in [0, 0.1) is 6.92 Å². The van der Waals surface area contributed by atoms with E-state index in [0.717, 1.165) is 43.3 Å². The number of carbonyl (C=O) groups is 1. The van der Waals surface area contributed by atoms with Crippen LogP contribution in [0.25, 0.3) is 0 Å². The van der Waals surface area contributed by atoms with Gasteiger partial charge in [0.15, 0.2) is 5.96 Å². The smallest absolute Gasteiger partial charge is 0.410 e. The second kappa shape index (κ2) is 11.8. The summed E-state index contributed by atoms with van der Waals surface area (Å²) in [5.41, 5.74) is -0.470. The third-order valence-electron chi connectivity index (χ3n) is 4.02.